The molecular formula is C14H31O2PS3. The SMILES string of the molecule is CCCCC(C)SCCCOP(=S)(OCC)SCCC. The molecule has 6 heteroatoms. The Morgan fingerprint density at radius 3 is 2.40 bits per heavy atom. The Morgan fingerprint density at radius 2 is 1.80 bits per heavy atom. The van der Waals surface area contributed by atoms with Gasteiger partial charge in [0.2, 0.25) is 5.69 Å². The first-order valence-corrected chi connectivity index (χ1v) is 13.0. The summed E-state index contributed by atoms with van der Waals surface area (Å²) < 4.78 is 11.6. The van der Waals surface area contributed by atoms with Gasteiger partial charge in [0.25, 0.3) is 0 Å². The summed E-state index contributed by atoms with van der Waals surface area (Å²) in [6.07, 6.45) is 6.14. The van der Waals surface area contributed by atoms with Crippen LogP contribution in [0.2, 0.25) is 0 Å². The van der Waals surface area contributed by atoms with Crippen molar-refractivity contribution in [2.24, 2.45) is 0 Å². The standard InChI is InChI=1S/C14H31O2PS3/c1-5-8-10-14(4)19-13-9-11-16-17(18,15-7-3)20-12-6-2/h14H,5-13H2,1-4H3. The molecule has 0 spiro atoms. The maximum absolute atomic E-state index is 5.89. The monoisotopic (exact) mass is 358 g/mol. The highest BCUT2D eigenvalue weighted by Gasteiger charge is 2.18. The van der Waals surface area contributed by atoms with Gasteiger partial charge in [-0.05, 0) is 43.7 Å². The molecule has 0 heterocycles. The Kier molecular flexibility index (Phi) is 14.8. The van der Waals surface area contributed by atoms with Gasteiger partial charge >= 0.3 is 0 Å². The van der Waals surface area contributed by atoms with E-state index in [1.54, 1.807) is 11.4 Å². The molecule has 2 unspecified atom stereocenters. The highest BCUT2D eigenvalue weighted by Crippen LogP contribution is 2.61. The first-order valence-electron chi connectivity index (χ1n) is 7.73. The molecule has 0 rings (SSSR count). The van der Waals surface area contributed by atoms with E-state index in [4.69, 9.17) is 20.9 Å². The van der Waals surface area contributed by atoms with Gasteiger partial charge in [0, 0.05) is 11.0 Å². The number of thioether (sulfide) groups is 1. The predicted molar refractivity (Wildman–Crippen MR) is 101 cm³/mol. The highest BCUT2D eigenvalue weighted by atomic mass is 32.9. The van der Waals surface area contributed by atoms with Gasteiger partial charge in [-0.15, -0.1) is 0 Å². The quantitative estimate of drug-likeness (QED) is 0.275. The maximum Gasteiger partial charge on any atom is 0.247 e. The minimum absolute atomic E-state index is 0.650. The van der Waals surface area contributed by atoms with Gasteiger partial charge in [0.05, 0.1) is 13.2 Å². The summed E-state index contributed by atoms with van der Waals surface area (Å²) in [7, 11) is 0. The van der Waals surface area contributed by atoms with Gasteiger partial charge in [-0.3, -0.25) is 0 Å². The van der Waals surface area contributed by atoms with Crippen molar-refractivity contribution in [3.8, 4) is 0 Å². The first kappa shape index (κ1) is 21.3. The zero-order valence-electron chi connectivity index (χ0n) is 13.4. The van der Waals surface area contributed by atoms with Crippen molar-refractivity contribution >= 4 is 40.6 Å². The fourth-order valence-corrected chi connectivity index (χ4v) is 7.30. The molecule has 0 aliphatic carbocycles. The molecule has 0 aromatic heterocycles. The lowest BCUT2D eigenvalue weighted by Crippen LogP contribution is -2.01. The summed E-state index contributed by atoms with van der Waals surface area (Å²) in [5.41, 5.74) is -2.08. The molecule has 0 aliphatic heterocycles. The van der Waals surface area contributed by atoms with Crippen LogP contribution in [0.25, 0.3) is 0 Å². The summed E-state index contributed by atoms with van der Waals surface area (Å²) in [5, 5.41) is 0.763. The van der Waals surface area contributed by atoms with Crippen LogP contribution in [0.3, 0.4) is 0 Å². The van der Waals surface area contributed by atoms with Crippen LogP contribution >= 0.6 is 28.8 Å². The maximum atomic E-state index is 5.89. The normalized spacial score (nSPS) is 16.0. The molecule has 122 valence electrons. The minimum Gasteiger partial charge on any atom is -0.322 e. The first-order chi connectivity index (χ1) is 9.58. The summed E-state index contributed by atoms with van der Waals surface area (Å²) in [6.45, 7) is 10.1. The van der Waals surface area contributed by atoms with E-state index in [2.05, 4.69) is 20.8 Å². The summed E-state index contributed by atoms with van der Waals surface area (Å²) in [6, 6.07) is 0. The van der Waals surface area contributed by atoms with Crippen molar-refractivity contribution in [3.63, 3.8) is 0 Å². The van der Waals surface area contributed by atoms with E-state index >= 15 is 0 Å². The Bertz CT molecular complexity index is 265. The third-order valence-electron chi connectivity index (χ3n) is 2.65. The lowest BCUT2D eigenvalue weighted by molar-refractivity contribution is 0.270. The van der Waals surface area contributed by atoms with Crippen molar-refractivity contribution in [3.05, 3.63) is 0 Å². The molecule has 0 N–H and O–H groups in total. The van der Waals surface area contributed by atoms with Crippen LogP contribution in [-0.2, 0) is 20.9 Å². The summed E-state index contributed by atoms with van der Waals surface area (Å²) in [5.74, 6) is 2.19. The molecule has 20 heavy (non-hydrogen) atoms. The molecule has 2 atom stereocenters. The third-order valence-corrected chi connectivity index (χ3v) is 9.66. The Hall–Kier alpha value is 1.27. The Balaban J connectivity index is 3.75. The number of rotatable bonds is 14. The molecule has 0 bridgehead atoms. The number of hydrogen-bond acceptors (Lipinski definition) is 5. The van der Waals surface area contributed by atoms with E-state index in [1.165, 1.54) is 19.3 Å². The molecule has 0 radical (unpaired) electrons. The van der Waals surface area contributed by atoms with E-state index in [0.717, 1.165) is 36.2 Å². The lowest BCUT2D eigenvalue weighted by Gasteiger charge is -2.20. The Labute approximate surface area is 139 Å². The molecule has 0 aromatic rings. The van der Waals surface area contributed by atoms with Gasteiger partial charge in [0.1, 0.15) is 0 Å². The van der Waals surface area contributed by atoms with Crippen LogP contribution in [-0.4, -0.2) is 30.0 Å². The largest absolute Gasteiger partial charge is 0.322 e. The number of hydrogen-bond donors (Lipinski definition) is 0. The van der Waals surface area contributed by atoms with Crippen LogP contribution in [0.4, 0.5) is 0 Å². The topological polar surface area (TPSA) is 18.5 Å². The molecule has 0 aliphatic rings. The summed E-state index contributed by atoms with van der Waals surface area (Å²) in [4.78, 5) is 0. The van der Waals surface area contributed by atoms with Gasteiger partial charge in [-0.2, -0.15) is 11.8 Å². The highest BCUT2D eigenvalue weighted by molar-refractivity contribution is 8.67. The molecule has 0 saturated heterocycles. The molecule has 0 fully saturated rings. The van der Waals surface area contributed by atoms with Crippen LogP contribution < -0.4 is 0 Å². The fraction of sp³-hybridized carbons (Fsp3) is 1.00. The molecule has 0 saturated carbocycles. The molecule has 0 aromatic carbocycles. The zero-order valence-corrected chi connectivity index (χ0v) is 16.8. The lowest BCUT2D eigenvalue weighted by atomic mass is 10.2. The number of unbranched alkanes of at least 4 members (excludes halogenated alkanes) is 1. The molecular weight excluding hydrogens is 327 g/mol. The van der Waals surface area contributed by atoms with Crippen molar-refractivity contribution in [2.75, 3.05) is 24.7 Å². The summed E-state index contributed by atoms with van der Waals surface area (Å²) >= 11 is 9.30. The van der Waals surface area contributed by atoms with Gasteiger partial charge < -0.3 is 9.05 Å². The zero-order chi connectivity index (χ0) is 15.3. The van der Waals surface area contributed by atoms with Gasteiger partial charge in [-0.1, -0.05) is 45.0 Å². The Morgan fingerprint density at radius 1 is 1.05 bits per heavy atom. The van der Waals surface area contributed by atoms with Crippen LogP contribution in [0.15, 0.2) is 0 Å². The van der Waals surface area contributed by atoms with Crippen molar-refractivity contribution in [2.45, 2.75) is 65.0 Å². The van der Waals surface area contributed by atoms with E-state index in [9.17, 15) is 0 Å². The van der Waals surface area contributed by atoms with E-state index in [0.29, 0.717) is 6.61 Å². The van der Waals surface area contributed by atoms with Crippen molar-refractivity contribution < 1.29 is 9.05 Å². The second-order valence-corrected chi connectivity index (χ2v) is 12.7. The minimum atomic E-state index is -2.08. The third kappa shape index (κ3) is 11.9. The smallest absolute Gasteiger partial charge is 0.247 e. The predicted octanol–water partition coefficient (Wildman–Crippen LogP) is 6.11. The van der Waals surface area contributed by atoms with E-state index in [-0.39, 0.29) is 0 Å². The van der Waals surface area contributed by atoms with Gasteiger partial charge in [-0.25, -0.2) is 0 Å². The second-order valence-electron chi connectivity index (χ2n) is 4.71. The van der Waals surface area contributed by atoms with Crippen LogP contribution in [0.5, 0.6) is 0 Å². The van der Waals surface area contributed by atoms with Crippen molar-refractivity contribution in [1.82, 2.24) is 0 Å². The van der Waals surface area contributed by atoms with Gasteiger partial charge in [0.15, 0.2) is 0 Å². The molecule has 2 nitrogen and oxygen atoms in total. The fourth-order valence-electron chi connectivity index (χ4n) is 1.57. The van der Waals surface area contributed by atoms with Crippen molar-refractivity contribution in [1.29, 1.82) is 0 Å². The average Bonchev–Trinajstić information content (AvgIpc) is 2.43. The molecule has 0 amide bonds. The van der Waals surface area contributed by atoms with E-state index < -0.39 is 5.69 Å². The van der Waals surface area contributed by atoms with Crippen LogP contribution in [0.1, 0.15) is 59.8 Å². The van der Waals surface area contributed by atoms with Crippen LogP contribution in [0, 0.1) is 0 Å². The van der Waals surface area contributed by atoms with E-state index in [1.807, 2.05) is 18.7 Å². The average molecular weight is 359 g/mol. The second kappa shape index (κ2) is 13.9.